The minimum atomic E-state index is -0.135. The van der Waals surface area contributed by atoms with Crippen LogP contribution in [-0.4, -0.2) is 0 Å². The van der Waals surface area contributed by atoms with Crippen molar-refractivity contribution >= 4 is 11.1 Å². The molecular weight excluding hydrogens is 649 g/mol. The highest BCUT2D eigenvalue weighted by Gasteiger charge is 2.37. The first-order chi connectivity index (χ1) is 26.5. The van der Waals surface area contributed by atoms with Gasteiger partial charge in [-0.3, -0.25) is 0 Å². The van der Waals surface area contributed by atoms with Gasteiger partial charge in [0.25, 0.3) is 0 Å². The molecule has 7 aromatic carbocycles. The Morgan fingerprint density at radius 2 is 0.870 bits per heavy atom. The molecule has 3 aliphatic rings. The molecule has 0 fully saturated rings. The summed E-state index contributed by atoms with van der Waals surface area (Å²) in [4.78, 5) is 0. The van der Waals surface area contributed by atoms with Crippen molar-refractivity contribution in [1.82, 2.24) is 0 Å². The zero-order chi connectivity index (χ0) is 36.3. The standard InChI is InChI=1S/C54H34/c1-34-16-22-37(23-17-34)28-31-46-40-10-4-7-13-43(40)49-52(46)50-44-14-8-5-11-41(44)47(32-29-38-24-18-35(2)19-25-38)54(50)51-45-15-9-6-12-42(45)48(53(49)51)33-30-39-26-20-36(3)21-27-39/h4-27,46H,1-3H3/t46-/m1/s1. The molecule has 0 amide bonds. The van der Waals surface area contributed by atoms with E-state index in [2.05, 4.69) is 202 Å². The maximum Gasteiger partial charge on any atom is 0.0724 e. The summed E-state index contributed by atoms with van der Waals surface area (Å²) in [7, 11) is 0. The Kier molecular flexibility index (Phi) is 7.38. The zero-order valence-electron chi connectivity index (χ0n) is 30.4. The molecule has 0 saturated heterocycles. The maximum atomic E-state index is 3.82. The van der Waals surface area contributed by atoms with Gasteiger partial charge in [0.2, 0.25) is 0 Å². The second kappa shape index (κ2) is 12.6. The molecule has 0 radical (unpaired) electrons. The lowest BCUT2D eigenvalue weighted by molar-refractivity contribution is 1.09. The van der Waals surface area contributed by atoms with Crippen molar-refractivity contribution in [3.05, 3.63) is 222 Å². The van der Waals surface area contributed by atoms with Gasteiger partial charge in [-0.05, 0) is 106 Å². The number of benzene rings is 7. The van der Waals surface area contributed by atoms with E-state index in [1.165, 1.54) is 76.5 Å². The molecule has 54 heavy (non-hydrogen) atoms. The van der Waals surface area contributed by atoms with Gasteiger partial charge >= 0.3 is 0 Å². The van der Waals surface area contributed by atoms with Crippen molar-refractivity contribution in [2.75, 3.05) is 0 Å². The summed E-state index contributed by atoms with van der Waals surface area (Å²) in [6.07, 6.45) is 0. The average molecular weight is 683 g/mol. The van der Waals surface area contributed by atoms with Gasteiger partial charge in [-0.1, -0.05) is 161 Å². The lowest BCUT2D eigenvalue weighted by Crippen LogP contribution is -2.14. The van der Waals surface area contributed by atoms with E-state index >= 15 is 0 Å². The van der Waals surface area contributed by atoms with Crippen LogP contribution < -0.4 is 10.4 Å². The summed E-state index contributed by atoms with van der Waals surface area (Å²) in [6, 6.07) is 52.0. The summed E-state index contributed by atoms with van der Waals surface area (Å²) in [6.45, 7) is 6.34. The summed E-state index contributed by atoms with van der Waals surface area (Å²) < 4.78 is 0. The smallest absolute Gasteiger partial charge is 0.0724 e. The van der Waals surface area contributed by atoms with E-state index in [4.69, 9.17) is 0 Å². The fraction of sp³-hybridized carbons (Fsp3) is 0.0741. The van der Waals surface area contributed by atoms with Gasteiger partial charge in [0.15, 0.2) is 0 Å². The Morgan fingerprint density at radius 3 is 1.50 bits per heavy atom. The normalized spacial score (nSPS) is 13.5. The molecule has 0 nitrogen and oxygen atoms in total. The minimum absolute atomic E-state index is 0.135. The van der Waals surface area contributed by atoms with Crippen LogP contribution in [0.1, 0.15) is 61.6 Å². The topological polar surface area (TPSA) is 0 Å². The summed E-state index contributed by atoms with van der Waals surface area (Å²) in [5, 5.41) is 4.82. The molecule has 0 heteroatoms. The van der Waals surface area contributed by atoms with Crippen molar-refractivity contribution in [2.45, 2.75) is 26.7 Å². The average Bonchev–Trinajstić information content (AvgIpc) is 3.83. The van der Waals surface area contributed by atoms with Crippen LogP contribution in [0.3, 0.4) is 0 Å². The molecule has 0 unspecified atom stereocenters. The molecule has 0 aliphatic heterocycles. The van der Waals surface area contributed by atoms with Gasteiger partial charge in [0.1, 0.15) is 0 Å². The van der Waals surface area contributed by atoms with Gasteiger partial charge < -0.3 is 0 Å². The molecule has 0 bridgehead atoms. The van der Waals surface area contributed by atoms with Gasteiger partial charge in [-0.15, -0.1) is 0 Å². The van der Waals surface area contributed by atoms with Crippen LogP contribution in [0, 0.1) is 66.7 Å². The number of hydrogen-bond acceptors (Lipinski definition) is 0. The van der Waals surface area contributed by atoms with E-state index < -0.39 is 0 Å². The molecule has 3 aliphatic carbocycles. The second-order valence-electron chi connectivity index (χ2n) is 14.5. The van der Waals surface area contributed by atoms with E-state index in [1.807, 2.05) is 0 Å². The molecule has 10 rings (SSSR count). The number of hydrogen-bond donors (Lipinski definition) is 0. The van der Waals surface area contributed by atoms with Crippen molar-refractivity contribution in [1.29, 1.82) is 0 Å². The molecular formula is C54H34. The summed E-state index contributed by atoms with van der Waals surface area (Å²) >= 11 is 0. The minimum Gasteiger partial charge on any atom is -0.0848 e. The van der Waals surface area contributed by atoms with Crippen LogP contribution in [0.5, 0.6) is 0 Å². The highest BCUT2D eigenvalue weighted by atomic mass is 14.4. The maximum absolute atomic E-state index is 3.82. The van der Waals surface area contributed by atoms with Crippen LogP contribution in [0.15, 0.2) is 146 Å². The van der Waals surface area contributed by atoms with E-state index in [0.717, 1.165) is 33.4 Å². The zero-order valence-corrected chi connectivity index (χ0v) is 30.4. The van der Waals surface area contributed by atoms with Gasteiger partial charge in [-0.25, -0.2) is 0 Å². The first kappa shape index (κ1) is 31.7. The largest absolute Gasteiger partial charge is 0.0848 e. The van der Waals surface area contributed by atoms with Crippen molar-refractivity contribution < 1.29 is 0 Å². The van der Waals surface area contributed by atoms with E-state index in [0.29, 0.717) is 0 Å². The molecule has 250 valence electrons. The van der Waals surface area contributed by atoms with Crippen LogP contribution in [0.4, 0.5) is 0 Å². The predicted octanol–water partition coefficient (Wildman–Crippen LogP) is 9.86. The van der Waals surface area contributed by atoms with Gasteiger partial charge in [0, 0.05) is 44.2 Å². The SMILES string of the molecule is Cc1ccc(C#CC2=c3c(c4c(c5c3-c3ccccc3[C@H]5C#Cc3ccc(C)cc3)=c3ccccc3=C4C#Cc3ccc(C)cc3)-c3ccccc32)cc1. The lowest BCUT2D eigenvalue weighted by atomic mass is 9.86. The highest BCUT2D eigenvalue weighted by molar-refractivity contribution is 6.06. The third kappa shape index (κ3) is 5.07. The monoisotopic (exact) mass is 682 g/mol. The Hall–Kier alpha value is -7.04. The van der Waals surface area contributed by atoms with Crippen molar-refractivity contribution in [3.8, 4) is 57.8 Å². The Morgan fingerprint density at radius 1 is 0.370 bits per heavy atom. The van der Waals surface area contributed by atoms with E-state index in [1.54, 1.807) is 0 Å². The summed E-state index contributed by atoms with van der Waals surface area (Å²) in [5.74, 6) is 21.9. The molecule has 1 atom stereocenters. The van der Waals surface area contributed by atoms with E-state index in [-0.39, 0.29) is 5.92 Å². The number of aryl methyl sites for hydroxylation is 3. The number of rotatable bonds is 0. The third-order valence-corrected chi connectivity index (χ3v) is 11.0. The van der Waals surface area contributed by atoms with Crippen LogP contribution >= 0.6 is 0 Å². The van der Waals surface area contributed by atoms with Crippen LogP contribution in [-0.2, 0) is 0 Å². The lowest BCUT2D eigenvalue weighted by Gasteiger charge is -2.14. The molecule has 7 aromatic rings. The Labute approximate surface area is 316 Å². The number of fused-ring (bicyclic) bond motifs is 11. The van der Waals surface area contributed by atoms with Crippen LogP contribution in [0.25, 0.3) is 33.4 Å². The third-order valence-electron chi connectivity index (χ3n) is 11.0. The fourth-order valence-corrected chi connectivity index (χ4v) is 8.37. The highest BCUT2D eigenvalue weighted by Crippen LogP contribution is 2.49. The second-order valence-corrected chi connectivity index (χ2v) is 14.5. The molecule has 0 spiro atoms. The van der Waals surface area contributed by atoms with Gasteiger partial charge in [-0.2, -0.15) is 0 Å². The fourth-order valence-electron chi connectivity index (χ4n) is 8.37. The van der Waals surface area contributed by atoms with Crippen molar-refractivity contribution in [2.24, 2.45) is 0 Å². The van der Waals surface area contributed by atoms with Gasteiger partial charge in [0.05, 0.1) is 5.92 Å². The molecule has 0 aromatic heterocycles. The molecule has 0 N–H and O–H groups in total. The first-order valence-corrected chi connectivity index (χ1v) is 18.6. The molecule has 0 heterocycles. The van der Waals surface area contributed by atoms with E-state index in [9.17, 15) is 0 Å². The first-order valence-electron chi connectivity index (χ1n) is 18.6. The predicted molar refractivity (Wildman–Crippen MR) is 222 cm³/mol. The quantitative estimate of drug-likeness (QED) is 0.140. The summed E-state index contributed by atoms with van der Waals surface area (Å²) in [5.41, 5.74) is 18.6. The van der Waals surface area contributed by atoms with Crippen LogP contribution in [0.2, 0.25) is 0 Å². The Balaban J connectivity index is 1.37. The van der Waals surface area contributed by atoms with Crippen molar-refractivity contribution in [3.63, 3.8) is 0 Å². The molecule has 0 saturated carbocycles. The Bertz CT molecular complexity index is 3160.